The molecule has 0 spiro atoms. The van der Waals surface area contributed by atoms with Gasteiger partial charge >= 0.3 is 0 Å². The summed E-state index contributed by atoms with van der Waals surface area (Å²) in [5, 5.41) is 12.7. The maximum Gasteiger partial charge on any atom is 0.151 e. The summed E-state index contributed by atoms with van der Waals surface area (Å²) in [6, 6.07) is -0.0516. The van der Waals surface area contributed by atoms with Gasteiger partial charge in [-0.25, -0.2) is 8.42 Å². The Kier molecular flexibility index (Phi) is 7.19. The maximum atomic E-state index is 11.3. The second-order valence-corrected chi connectivity index (χ2v) is 7.05. The van der Waals surface area contributed by atoms with Gasteiger partial charge in [-0.3, -0.25) is 0 Å². The lowest BCUT2D eigenvalue weighted by atomic mass is 10.0. The quantitative estimate of drug-likeness (QED) is 0.670. The molecule has 98 valence electrons. The second kappa shape index (κ2) is 7.25. The van der Waals surface area contributed by atoms with Gasteiger partial charge in [0.1, 0.15) is 0 Å². The van der Waals surface area contributed by atoms with Crippen molar-refractivity contribution in [3.8, 4) is 0 Å². The Bertz CT molecular complexity index is 275. The summed E-state index contributed by atoms with van der Waals surface area (Å²) < 4.78 is 22.7. The molecular weight excluding hydrogens is 226 g/mol. The van der Waals surface area contributed by atoms with E-state index in [9.17, 15) is 13.5 Å². The van der Waals surface area contributed by atoms with E-state index in [4.69, 9.17) is 0 Å². The van der Waals surface area contributed by atoms with Crippen LogP contribution in [0.15, 0.2) is 0 Å². The standard InChI is InChI=1S/C11H25NO3S/c1-5-16(14,15)8-10(4)12-7-6-11(13)9(2)3/h9-13H,5-8H2,1-4H3. The molecule has 0 heterocycles. The average molecular weight is 251 g/mol. The fraction of sp³-hybridized carbons (Fsp3) is 1.00. The van der Waals surface area contributed by atoms with Gasteiger partial charge in [-0.15, -0.1) is 0 Å². The number of nitrogens with one attached hydrogen (secondary N) is 1. The molecule has 0 bridgehead atoms. The molecule has 0 amide bonds. The molecule has 0 aromatic rings. The van der Waals surface area contributed by atoms with Crippen molar-refractivity contribution in [1.29, 1.82) is 0 Å². The first-order chi connectivity index (χ1) is 7.28. The minimum absolute atomic E-state index is 0.0516. The normalized spacial score (nSPS) is 16.4. The van der Waals surface area contributed by atoms with Crippen molar-refractivity contribution in [2.45, 2.75) is 46.3 Å². The van der Waals surface area contributed by atoms with E-state index >= 15 is 0 Å². The van der Waals surface area contributed by atoms with Crippen LogP contribution in [0.1, 0.15) is 34.1 Å². The highest BCUT2D eigenvalue weighted by Crippen LogP contribution is 2.04. The van der Waals surface area contributed by atoms with E-state index in [1.165, 1.54) is 0 Å². The maximum absolute atomic E-state index is 11.3. The Labute approximate surface area is 99.4 Å². The Hall–Kier alpha value is -0.130. The van der Waals surface area contributed by atoms with Crippen molar-refractivity contribution < 1.29 is 13.5 Å². The molecule has 0 radical (unpaired) electrons. The molecule has 2 atom stereocenters. The zero-order chi connectivity index (χ0) is 12.8. The summed E-state index contributed by atoms with van der Waals surface area (Å²) >= 11 is 0. The summed E-state index contributed by atoms with van der Waals surface area (Å²) in [6.45, 7) is 8.10. The molecule has 0 aromatic heterocycles. The van der Waals surface area contributed by atoms with E-state index in [0.29, 0.717) is 13.0 Å². The fourth-order valence-corrected chi connectivity index (χ4v) is 2.48. The summed E-state index contributed by atoms with van der Waals surface area (Å²) in [4.78, 5) is 0. The predicted octanol–water partition coefficient (Wildman–Crippen LogP) is 0.806. The third-order valence-electron chi connectivity index (χ3n) is 2.65. The van der Waals surface area contributed by atoms with Crippen molar-refractivity contribution in [2.75, 3.05) is 18.1 Å². The number of rotatable bonds is 8. The molecule has 0 aliphatic rings. The van der Waals surface area contributed by atoms with Crippen molar-refractivity contribution in [3.05, 3.63) is 0 Å². The molecule has 0 aromatic carbocycles. The van der Waals surface area contributed by atoms with Crippen molar-refractivity contribution >= 4 is 9.84 Å². The number of hydrogen-bond acceptors (Lipinski definition) is 4. The van der Waals surface area contributed by atoms with Crippen molar-refractivity contribution in [3.63, 3.8) is 0 Å². The Morgan fingerprint density at radius 1 is 1.25 bits per heavy atom. The average Bonchev–Trinajstić information content (AvgIpc) is 2.16. The monoisotopic (exact) mass is 251 g/mol. The van der Waals surface area contributed by atoms with Crippen LogP contribution in [0.3, 0.4) is 0 Å². The molecule has 4 nitrogen and oxygen atoms in total. The molecule has 0 saturated heterocycles. The van der Waals surface area contributed by atoms with Gasteiger partial charge in [-0.2, -0.15) is 0 Å². The lowest BCUT2D eigenvalue weighted by molar-refractivity contribution is 0.115. The first kappa shape index (κ1) is 15.9. The van der Waals surface area contributed by atoms with E-state index in [-0.39, 0.29) is 29.6 Å². The van der Waals surface area contributed by atoms with Gasteiger partial charge in [-0.05, 0) is 25.8 Å². The Morgan fingerprint density at radius 3 is 2.25 bits per heavy atom. The lowest BCUT2D eigenvalue weighted by Crippen LogP contribution is -2.35. The summed E-state index contributed by atoms with van der Waals surface area (Å²) in [5.41, 5.74) is 0. The first-order valence-corrected chi connectivity index (χ1v) is 7.72. The molecule has 16 heavy (non-hydrogen) atoms. The van der Waals surface area contributed by atoms with Crippen LogP contribution in [-0.4, -0.2) is 43.7 Å². The minimum atomic E-state index is -2.91. The van der Waals surface area contributed by atoms with E-state index in [2.05, 4.69) is 5.32 Å². The van der Waals surface area contributed by atoms with Crippen LogP contribution >= 0.6 is 0 Å². The molecule has 5 heteroatoms. The number of aliphatic hydroxyl groups excluding tert-OH is 1. The van der Waals surface area contributed by atoms with Gasteiger partial charge in [0, 0.05) is 11.8 Å². The van der Waals surface area contributed by atoms with E-state index < -0.39 is 9.84 Å². The third-order valence-corrected chi connectivity index (χ3v) is 4.53. The second-order valence-electron chi connectivity index (χ2n) is 4.65. The molecule has 2 N–H and O–H groups in total. The van der Waals surface area contributed by atoms with Crippen LogP contribution in [0, 0.1) is 5.92 Å². The highest BCUT2D eigenvalue weighted by Gasteiger charge is 2.14. The predicted molar refractivity (Wildman–Crippen MR) is 67.3 cm³/mol. The van der Waals surface area contributed by atoms with Gasteiger partial charge in [0.2, 0.25) is 0 Å². The molecule has 0 saturated carbocycles. The highest BCUT2D eigenvalue weighted by molar-refractivity contribution is 7.91. The Balaban J connectivity index is 3.79. The van der Waals surface area contributed by atoms with Crippen LogP contribution in [0.2, 0.25) is 0 Å². The van der Waals surface area contributed by atoms with E-state index in [1.54, 1.807) is 6.92 Å². The number of hydrogen-bond donors (Lipinski definition) is 2. The molecule has 0 aliphatic carbocycles. The highest BCUT2D eigenvalue weighted by atomic mass is 32.2. The lowest BCUT2D eigenvalue weighted by Gasteiger charge is -2.17. The van der Waals surface area contributed by atoms with Crippen LogP contribution in [0.4, 0.5) is 0 Å². The van der Waals surface area contributed by atoms with E-state index in [0.717, 1.165) is 0 Å². The Morgan fingerprint density at radius 2 is 1.81 bits per heavy atom. The topological polar surface area (TPSA) is 66.4 Å². The molecular formula is C11H25NO3S. The van der Waals surface area contributed by atoms with Gasteiger partial charge in [-0.1, -0.05) is 20.8 Å². The zero-order valence-electron chi connectivity index (χ0n) is 10.7. The number of aliphatic hydroxyl groups is 1. The minimum Gasteiger partial charge on any atom is -0.393 e. The van der Waals surface area contributed by atoms with Crippen molar-refractivity contribution in [1.82, 2.24) is 5.32 Å². The van der Waals surface area contributed by atoms with Crippen LogP contribution in [0.5, 0.6) is 0 Å². The summed E-state index contributed by atoms with van der Waals surface area (Å²) in [5.74, 6) is 0.603. The van der Waals surface area contributed by atoms with Gasteiger partial charge in [0.15, 0.2) is 9.84 Å². The van der Waals surface area contributed by atoms with Crippen LogP contribution < -0.4 is 5.32 Å². The van der Waals surface area contributed by atoms with E-state index in [1.807, 2.05) is 20.8 Å². The zero-order valence-corrected chi connectivity index (χ0v) is 11.5. The van der Waals surface area contributed by atoms with Crippen LogP contribution in [-0.2, 0) is 9.84 Å². The SMILES string of the molecule is CCS(=O)(=O)CC(C)NCCC(O)C(C)C. The summed E-state index contributed by atoms with van der Waals surface area (Å²) in [7, 11) is -2.91. The van der Waals surface area contributed by atoms with Gasteiger partial charge in [0.25, 0.3) is 0 Å². The largest absolute Gasteiger partial charge is 0.393 e. The molecule has 0 aliphatic heterocycles. The van der Waals surface area contributed by atoms with Gasteiger partial charge < -0.3 is 10.4 Å². The summed E-state index contributed by atoms with van der Waals surface area (Å²) in [6.07, 6.45) is 0.344. The van der Waals surface area contributed by atoms with Crippen LogP contribution in [0.25, 0.3) is 0 Å². The molecule has 0 fully saturated rings. The van der Waals surface area contributed by atoms with Crippen molar-refractivity contribution in [2.24, 2.45) is 5.92 Å². The third kappa shape index (κ3) is 7.19. The molecule has 0 rings (SSSR count). The molecule has 2 unspecified atom stereocenters. The first-order valence-electron chi connectivity index (χ1n) is 5.90. The fourth-order valence-electron chi connectivity index (χ4n) is 1.37. The number of sulfone groups is 1. The smallest absolute Gasteiger partial charge is 0.151 e. The van der Waals surface area contributed by atoms with Gasteiger partial charge in [0.05, 0.1) is 11.9 Å².